The van der Waals surface area contributed by atoms with Crippen LogP contribution in [-0.4, -0.2) is 47.9 Å². The van der Waals surface area contributed by atoms with E-state index in [1.54, 1.807) is 6.07 Å². The molecule has 0 unspecified atom stereocenters. The highest BCUT2D eigenvalue weighted by molar-refractivity contribution is 5.93. The molecular formula is C15H23FN4O. The van der Waals surface area contributed by atoms with E-state index in [-0.39, 0.29) is 5.82 Å². The SMILES string of the molecule is CC(C)N1CCN(Cc2cc(C(=O)NN)ccc2F)CC1. The molecule has 0 saturated carbocycles. The van der Waals surface area contributed by atoms with Gasteiger partial charge in [-0.25, -0.2) is 10.2 Å². The van der Waals surface area contributed by atoms with Crippen LogP contribution in [0.4, 0.5) is 4.39 Å². The molecule has 1 aliphatic heterocycles. The summed E-state index contributed by atoms with van der Waals surface area (Å²) >= 11 is 0. The summed E-state index contributed by atoms with van der Waals surface area (Å²) in [5, 5.41) is 0. The van der Waals surface area contributed by atoms with Gasteiger partial charge in [-0.15, -0.1) is 0 Å². The summed E-state index contributed by atoms with van der Waals surface area (Å²) in [6.07, 6.45) is 0. The fourth-order valence-corrected chi connectivity index (χ4v) is 2.60. The Kier molecular flexibility index (Phi) is 5.27. The van der Waals surface area contributed by atoms with Gasteiger partial charge in [0.2, 0.25) is 0 Å². The predicted molar refractivity (Wildman–Crippen MR) is 80.0 cm³/mol. The van der Waals surface area contributed by atoms with Crippen molar-refractivity contribution >= 4 is 5.91 Å². The summed E-state index contributed by atoms with van der Waals surface area (Å²) < 4.78 is 13.9. The maximum absolute atomic E-state index is 13.9. The lowest BCUT2D eigenvalue weighted by molar-refractivity contribution is 0.0952. The summed E-state index contributed by atoms with van der Waals surface area (Å²) in [5.74, 6) is 4.43. The minimum Gasteiger partial charge on any atom is -0.298 e. The fourth-order valence-electron chi connectivity index (χ4n) is 2.60. The molecule has 1 heterocycles. The monoisotopic (exact) mass is 294 g/mol. The molecule has 0 aromatic heterocycles. The molecule has 1 saturated heterocycles. The molecule has 6 heteroatoms. The van der Waals surface area contributed by atoms with E-state index in [0.29, 0.717) is 23.7 Å². The van der Waals surface area contributed by atoms with Crippen molar-refractivity contribution in [2.45, 2.75) is 26.4 Å². The highest BCUT2D eigenvalue weighted by Gasteiger charge is 2.20. The lowest BCUT2D eigenvalue weighted by atomic mass is 10.1. The number of halogens is 1. The lowest BCUT2D eigenvalue weighted by Crippen LogP contribution is -2.48. The number of piperazine rings is 1. The molecule has 21 heavy (non-hydrogen) atoms. The normalized spacial score (nSPS) is 17.2. The zero-order chi connectivity index (χ0) is 15.4. The van der Waals surface area contributed by atoms with Crippen LogP contribution in [0.15, 0.2) is 18.2 Å². The topological polar surface area (TPSA) is 61.6 Å². The van der Waals surface area contributed by atoms with Crippen LogP contribution in [0.3, 0.4) is 0 Å². The third-order valence-electron chi connectivity index (χ3n) is 3.97. The van der Waals surface area contributed by atoms with E-state index >= 15 is 0 Å². The van der Waals surface area contributed by atoms with Crippen molar-refractivity contribution in [1.29, 1.82) is 0 Å². The zero-order valence-corrected chi connectivity index (χ0v) is 12.6. The highest BCUT2D eigenvalue weighted by Crippen LogP contribution is 2.15. The quantitative estimate of drug-likeness (QED) is 0.493. The smallest absolute Gasteiger partial charge is 0.265 e. The molecule has 0 bridgehead atoms. The molecule has 5 nitrogen and oxygen atoms in total. The summed E-state index contributed by atoms with van der Waals surface area (Å²) in [5.41, 5.74) is 2.99. The molecule has 116 valence electrons. The Bertz CT molecular complexity index is 498. The van der Waals surface area contributed by atoms with Gasteiger partial charge in [0.25, 0.3) is 5.91 Å². The van der Waals surface area contributed by atoms with Crippen LogP contribution in [0.2, 0.25) is 0 Å². The fraction of sp³-hybridized carbons (Fsp3) is 0.533. The summed E-state index contributed by atoms with van der Waals surface area (Å²) in [6, 6.07) is 4.88. The van der Waals surface area contributed by atoms with E-state index in [0.717, 1.165) is 26.2 Å². The molecule has 1 aromatic carbocycles. The lowest BCUT2D eigenvalue weighted by Gasteiger charge is -2.37. The van der Waals surface area contributed by atoms with Crippen LogP contribution in [0.25, 0.3) is 0 Å². The van der Waals surface area contributed by atoms with E-state index < -0.39 is 5.91 Å². The number of carbonyl (C=O) groups is 1. The van der Waals surface area contributed by atoms with Crippen molar-refractivity contribution in [3.8, 4) is 0 Å². The number of rotatable bonds is 4. The summed E-state index contributed by atoms with van der Waals surface area (Å²) in [6.45, 7) is 8.68. The van der Waals surface area contributed by atoms with Gasteiger partial charge >= 0.3 is 0 Å². The van der Waals surface area contributed by atoms with E-state index in [4.69, 9.17) is 5.84 Å². The Balaban J connectivity index is 2.01. The first-order valence-corrected chi connectivity index (χ1v) is 7.27. The Morgan fingerprint density at radius 3 is 2.57 bits per heavy atom. The second kappa shape index (κ2) is 6.98. The van der Waals surface area contributed by atoms with E-state index in [1.807, 2.05) is 0 Å². The Morgan fingerprint density at radius 2 is 2.00 bits per heavy atom. The highest BCUT2D eigenvalue weighted by atomic mass is 19.1. The van der Waals surface area contributed by atoms with Gasteiger partial charge in [-0.1, -0.05) is 0 Å². The third kappa shape index (κ3) is 4.00. The average Bonchev–Trinajstić information content (AvgIpc) is 2.49. The maximum Gasteiger partial charge on any atom is 0.265 e. The van der Waals surface area contributed by atoms with Gasteiger partial charge in [-0.3, -0.25) is 20.0 Å². The first-order chi connectivity index (χ1) is 10.0. The van der Waals surface area contributed by atoms with Crippen LogP contribution in [0.1, 0.15) is 29.8 Å². The van der Waals surface area contributed by atoms with Crippen LogP contribution < -0.4 is 11.3 Å². The van der Waals surface area contributed by atoms with Crippen molar-refractivity contribution in [3.05, 3.63) is 35.1 Å². The molecule has 0 aliphatic carbocycles. The van der Waals surface area contributed by atoms with Gasteiger partial charge in [0.15, 0.2) is 0 Å². The largest absolute Gasteiger partial charge is 0.298 e. The van der Waals surface area contributed by atoms with E-state index in [1.165, 1.54) is 12.1 Å². The van der Waals surface area contributed by atoms with Gasteiger partial charge in [0.1, 0.15) is 5.82 Å². The standard InChI is InChI=1S/C15H23FN4O/c1-11(2)20-7-5-19(6-8-20)10-13-9-12(15(21)18-17)3-4-14(13)16/h3-4,9,11H,5-8,10,17H2,1-2H3,(H,18,21). The number of nitrogens with zero attached hydrogens (tertiary/aromatic N) is 2. The Hall–Kier alpha value is -1.50. The van der Waals surface area contributed by atoms with Crippen molar-refractivity contribution < 1.29 is 9.18 Å². The minimum atomic E-state index is -0.402. The Labute approximate surface area is 124 Å². The van der Waals surface area contributed by atoms with Crippen LogP contribution in [0, 0.1) is 5.82 Å². The first kappa shape index (κ1) is 15.9. The van der Waals surface area contributed by atoms with Gasteiger partial charge < -0.3 is 0 Å². The molecule has 3 N–H and O–H groups in total. The van der Waals surface area contributed by atoms with Crippen LogP contribution in [-0.2, 0) is 6.54 Å². The maximum atomic E-state index is 13.9. The molecular weight excluding hydrogens is 271 g/mol. The molecule has 1 amide bonds. The number of hydrazine groups is 1. The molecule has 0 spiro atoms. The summed E-state index contributed by atoms with van der Waals surface area (Å²) in [7, 11) is 0. The zero-order valence-electron chi connectivity index (χ0n) is 12.6. The minimum absolute atomic E-state index is 0.283. The number of benzene rings is 1. The van der Waals surface area contributed by atoms with Crippen molar-refractivity contribution in [1.82, 2.24) is 15.2 Å². The molecule has 1 aromatic rings. The number of hydrogen-bond acceptors (Lipinski definition) is 4. The third-order valence-corrected chi connectivity index (χ3v) is 3.97. The van der Waals surface area contributed by atoms with Crippen molar-refractivity contribution in [2.75, 3.05) is 26.2 Å². The molecule has 1 fully saturated rings. The van der Waals surface area contributed by atoms with Gasteiger partial charge in [-0.2, -0.15) is 0 Å². The number of nitrogen functional groups attached to an aromatic ring is 1. The number of nitrogens with one attached hydrogen (secondary N) is 1. The van der Waals surface area contributed by atoms with Crippen LogP contribution in [0.5, 0.6) is 0 Å². The number of hydrogen-bond donors (Lipinski definition) is 2. The Morgan fingerprint density at radius 1 is 1.33 bits per heavy atom. The number of nitrogens with two attached hydrogens (primary N) is 1. The van der Waals surface area contributed by atoms with E-state index in [9.17, 15) is 9.18 Å². The predicted octanol–water partition coefficient (Wildman–Crippen LogP) is 0.955. The first-order valence-electron chi connectivity index (χ1n) is 7.27. The van der Waals surface area contributed by atoms with E-state index in [2.05, 4.69) is 29.1 Å². The summed E-state index contributed by atoms with van der Waals surface area (Å²) in [4.78, 5) is 16.1. The second-order valence-corrected chi connectivity index (χ2v) is 5.69. The van der Waals surface area contributed by atoms with Crippen molar-refractivity contribution in [3.63, 3.8) is 0 Å². The second-order valence-electron chi connectivity index (χ2n) is 5.69. The van der Waals surface area contributed by atoms with Gasteiger partial charge in [0, 0.05) is 49.9 Å². The molecule has 0 atom stereocenters. The van der Waals surface area contributed by atoms with Crippen LogP contribution >= 0.6 is 0 Å². The van der Waals surface area contributed by atoms with Gasteiger partial charge in [0.05, 0.1) is 0 Å². The van der Waals surface area contributed by atoms with Crippen molar-refractivity contribution in [2.24, 2.45) is 5.84 Å². The molecule has 2 rings (SSSR count). The number of carbonyl (C=O) groups excluding carboxylic acids is 1. The molecule has 1 aliphatic rings. The number of amides is 1. The van der Waals surface area contributed by atoms with Gasteiger partial charge in [-0.05, 0) is 32.0 Å². The molecule has 0 radical (unpaired) electrons. The average molecular weight is 294 g/mol.